The minimum absolute atomic E-state index is 0.204. The fraction of sp³-hybridized carbons (Fsp3) is 0.400. The van der Waals surface area contributed by atoms with Crippen molar-refractivity contribution in [1.82, 2.24) is 4.98 Å². The minimum atomic E-state index is -0.204. The van der Waals surface area contributed by atoms with Gasteiger partial charge < -0.3 is 5.73 Å². The van der Waals surface area contributed by atoms with E-state index in [0.29, 0.717) is 12.5 Å². The van der Waals surface area contributed by atoms with Crippen LogP contribution in [0.2, 0.25) is 0 Å². The maximum atomic E-state index is 13.4. The third kappa shape index (κ3) is 2.30. The number of hydrogen-bond donors (Lipinski definition) is 1. The molecule has 1 heterocycles. The highest BCUT2D eigenvalue weighted by molar-refractivity contribution is 7.15. The second-order valence-electron chi connectivity index (χ2n) is 5.11. The van der Waals surface area contributed by atoms with Gasteiger partial charge in [-0.25, -0.2) is 9.37 Å². The molecule has 100 valence electrons. The standard InChI is InChI=1S/C15H17FN2S/c1-9-5-6-11(16)7-12(9)15-18-14-10(8-17)3-2-4-13(14)19-15/h5-7,10H,2-4,8,17H2,1H3. The van der Waals surface area contributed by atoms with Crippen molar-refractivity contribution in [1.29, 1.82) is 0 Å². The highest BCUT2D eigenvalue weighted by Gasteiger charge is 2.24. The van der Waals surface area contributed by atoms with E-state index in [2.05, 4.69) is 0 Å². The predicted molar refractivity (Wildman–Crippen MR) is 77.0 cm³/mol. The number of aromatic nitrogens is 1. The molecule has 0 amide bonds. The predicted octanol–water partition coefficient (Wildman–Crippen LogP) is 3.64. The van der Waals surface area contributed by atoms with Crippen molar-refractivity contribution in [3.05, 3.63) is 40.2 Å². The van der Waals surface area contributed by atoms with Crippen molar-refractivity contribution in [3.8, 4) is 10.6 Å². The van der Waals surface area contributed by atoms with Gasteiger partial charge in [-0.15, -0.1) is 11.3 Å². The van der Waals surface area contributed by atoms with Crippen LogP contribution in [0.25, 0.3) is 10.6 Å². The Morgan fingerprint density at radius 2 is 2.32 bits per heavy atom. The summed E-state index contributed by atoms with van der Waals surface area (Å²) in [6.45, 7) is 2.65. The van der Waals surface area contributed by atoms with Crippen LogP contribution in [0, 0.1) is 12.7 Å². The summed E-state index contributed by atoms with van der Waals surface area (Å²) < 4.78 is 13.4. The molecule has 19 heavy (non-hydrogen) atoms. The first kappa shape index (κ1) is 12.8. The number of thiazole rings is 1. The first-order chi connectivity index (χ1) is 9.19. The van der Waals surface area contributed by atoms with E-state index in [9.17, 15) is 4.39 Å². The Hall–Kier alpha value is -1.26. The molecule has 1 atom stereocenters. The molecule has 3 rings (SSSR count). The number of fused-ring (bicyclic) bond motifs is 1. The molecule has 0 aliphatic heterocycles. The van der Waals surface area contributed by atoms with Gasteiger partial charge in [0.05, 0.1) is 5.69 Å². The third-order valence-corrected chi connectivity index (χ3v) is 4.95. The van der Waals surface area contributed by atoms with Crippen LogP contribution in [0.5, 0.6) is 0 Å². The van der Waals surface area contributed by atoms with Gasteiger partial charge in [-0.05, 0) is 43.9 Å². The fourth-order valence-corrected chi connectivity index (χ4v) is 3.95. The molecule has 1 aromatic heterocycles. The molecule has 1 aliphatic carbocycles. The molecule has 0 saturated carbocycles. The third-order valence-electron chi connectivity index (χ3n) is 3.79. The Kier molecular flexibility index (Phi) is 3.37. The van der Waals surface area contributed by atoms with E-state index < -0.39 is 0 Å². The Bertz CT molecular complexity index is 606. The monoisotopic (exact) mass is 276 g/mol. The lowest BCUT2D eigenvalue weighted by molar-refractivity contribution is 0.554. The van der Waals surface area contributed by atoms with Gasteiger partial charge in [-0.1, -0.05) is 6.07 Å². The van der Waals surface area contributed by atoms with Gasteiger partial charge in [0.2, 0.25) is 0 Å². The van der Waals surface area contributed by atoms with E-state index in [-0.39, 0.29) is 5.82 Å². The Morgan fingerprint density at radius 3 is 3.11 bits per heavy atom. The van der Waals surface area contributed by atoms with E-state index in [0.717, 1.165) is 34.7 Å². The molecular formula is C15H17FN2S. The van der Waals surface area contributed by atoms with Crippen molar-refractivity contribution < 1.29 is 4.39 Å². The average molecular weight is 276 g/mol. The number of hydrogen-bond acceptors (Lipinski definition) is 3. The van der Waals surface area contributed by atoms with Crippen LogP contribution >= 0.6 is 11.3 Å². The maximum Gasteiger partial charge on any atom is 0.124 e. The first-order valence-corrected chi connectivity index (χ1v) is 7.47. The molecule has 1 unspecified atom stereocenters. The summed E-state index contributed by atoms with van der Waals surface area (Å²) >= 11 is 1.70. The van der Waals surface area contributed by atoms with Crippen molar-refractivity contribution in [3.63, 3.8) is 0 Å². The molecule has 0 spiro atoms. The van der Waals surface area contributed by atoms with Crippen LogP contribution in [0.15, 0.2) is 18.2 Å². The zero-order valence-corrected chi connectivity index (χ0v) is 11.8. The van der Waals surface area contributed by atoms with Gasteiger partial charge in [-0.2, -0.15) is 0 Å². The van der Waals surface area contributed by atoms with E-state index in [4.69, 9.17) is 10.7 Å². The van der Waals surface area contributed by atoms with Crippen molar-refractivity contribution in [2.45, 2.75) is 32.1 Å². The van der Waals surface area contributed by atoms with Gasteiger partial charge in [0, 0.05) is 22.9 Å². The molecule has 2 N–H and O–H groups in total. The Labute approximate surface area is 116 Å². The van der Waals surface area contributed by atoms with E-state index >= 15 is 0 Å². The highest BCUT2D eigenvalue weighted by Crippen LogP contribution is 2.38. The molecule has 0 radical (unpaired) electrons. The van der Waals surface area contributed by atoms with Gasteiger partial charge in [0.25, 0.3) is 0 Å². The topological polar surface area (TPSA) is 38.9 Å². The molecule has 1 aromatic carbocycles. The van der Waals surface area contributed by atoms with E-state index in [1.54, 1.807) is 17.4 Å². The van der Waals surface area contributed by atoms with Crippen LogP contribution in [0.3, 0.4) is 0 Å². The van der Waals surface area contributed by atoms with Crippen LogP contribution in [-0.4, -0.2) is 11.5 Å². The normalized spacial score (nSPS) is 18.4. The summed E-state index contributed by atoms with van der Waals surface area (Å²) in [5.41, 5.74) is 8.95. The maximum absolute atomic E-state index is 13.4. The molecule has 0 fully saturated rings. The second kappa shape index (κ2) is 5.02. The molecule has 2 aromatic rings. The second-order valence-corrected chi connectivity index (χ2v) is 6.20. The number of nitrogens with two attached hydrogens (primary N) is 1. The number of nitrogens with zero attached hydrogens (tertiary/aromatic N) is 1. The highest BCUT2D eigenvalue weighted by atomic mass is 32.1. The minimum Gasteiger partial charge on any atom is -0.330 e. The van der Waals surface area contributed by atoms with Crippen molar-refractivity contribution >= 4 is 11.3 Å². The summed E-state index contributed by atoms with van der Waals surface area (Å²) in [6.07, 6.45) is 3.38. The zero-order valence-electron chi connectivity index (χ0n) is 10.9. The van der Waals surface area contributed by atoms with E-state index in [1.807, 2.05) is 13.0 Å². The van der Waals surface area contributed by atoms with Gasteiger partial charge in [0.1, 0.15) is 10.8 Å². The molecule has 2 nitrogen and oxygen atoms in total. The first-order valence-electron chi connectivity index (χ1n) is 6.65. The van der Waals surface area contributed by atoms with Crippen molar-refractivity contribution in [2.24, 2.45) is 5.73 Å². The molecule has 0 bridgehead atoms. The largest absolute Gasteiger partial charge is 0.330 e. The smallest absolute Gasteiger partial charge is 0.124 e. The summed E-state index contributed by atoms with van der Waals surface area (Å²) in [7, 11) is 0. The average Bonchev–Trinajstić information content (AvgIpc) is 2.85. The lowest BCUT2D eigenvalue weighted by Gasteiger charge is -2.18. The zero-order chi connectivity index (χ0) is 13.4. The van der Waals surface area contributed by atoms with Crippen LogP contribution < -0.4 is 5.73 Å². The Morgan fingerprint density at radius 1 is 1.47 bits per heavy atom. The van der Waals surface area contributed by atoms with E-state index in [1.165, 1.54) is 17.4 Å². The lowest BCUT2D eigenvalue weighted by atomic mass is 9.91. The Balaban J connectivity index is 2.07. The van der Waals surface area contributed by atoms with Gasteiger partial charge >= 0.3 is 0 Å². The molecule has 4 heteroatoms. The van der Waals surface area contributed by atoms with Crippen LogP contribution in [-0.2, 0) is 6.42 Å². The van der Waals surface area contributed by atoms with Gasteiger partial charge in [0.15, 0.2) is 0 Å². The number of aryl methyl sites for hydroxylation is 2. The molecule has 1 aliphatic rings. The van der Waals surface area contributed by atoms with Crippen LogP contribution in [0.4, 0.5) is 4.39 Å². The van der Waals surface area contributed by atoms with Crippen LogP contribution in [0.1, 0.15) is 34.9 Å². The molecule has 0 saturated heterocycles. The SMILES string of the molecule is Cc1ccc(F)cc1-c1nc2c(s1)CCCC2CN. The number of rotatable bonds is 2. The number of benzene rings is 1. The van der Waals surface area contributed by atoms with Gasteiger partial charge in [-0.3, -0.25) is 0 Å². The number of halogens is 1. The summed E-state index contributed by atoms with van der Waals surface area (Å²) in [5.74, 6) is 0.173. The van der Waals surface area contributed by atoms with Crippen molar-refractivity contribution in [2.75, 3.05) is 6.54 Å². The summed E-state index contributed by atoms with van der Waals surface area (Å²) in [5, 5.41) is 0.933. The fourth-order valence-electron chi connectivity index (χ4n) is 2.68. The lowest BCUT2D eigenvalue weighted by Crippen LogP contribution is -2.17. The quantitative estimate of drug-likeness (QED) is 0.909. The summed E-state index contributed by atoms with van der Waals surface area (Å²) in [4.78, 5) is 6.08. The summed E-state index contributed by atoms with van der Waals surface area (Å²) in [6, 6.07) is 4.89. The molecular weight excluding hydrogens is 259 g/mol.